The zero-order valence-electron chi connectivity index (χ0n) is 15.4. The van der Waals surface area contributed by atoms with E-state index in [1.807, 2.05) is 48.7 Å². The number of hydrogen-bond donors (Lipinski definition) is 1. The molecule has 2 aromatic carbocycles. The summed E-state index contributed by atoms with van der Waals surface area (Å²) in [5.74, 6) is -0.112. The van der Waals surface area contributed by atoms with Crippen LogP contribution in [0.5, 0.6) is 0 Å². The highest BCUT2D eigenvalue weighted by Gasteiger charge is 2.12. The lowest BCUT2D eigenvalue weighted by molar-refractivity contribution is -0.129. The van der Waals surface area contributed by atoms with Crippen molar-refractivity contribution in [2.75, 3.05) is 14.1 Å². The van der Waals surface area contributed by atoms with Crippen molar-refractivity contribution in [3.63, 3.8) is 0 Å². The number of amides is 2. The molecule has 6 nitrogen and oxygen atoms in total. The summed E-state index contributed by atoms with van der Waals surface area (Å²) in [5.41, 5.74) is 3.40. The molecule has 0 spiro atoms. The van der Waals surface area contributed by atoms with E-state index < -0.39 is 0 Å². The number of hydrogen-bond acceptors (Lipinski definition) is 3. The number of nitrogens with zero attached hydrogens (tertiary/aromatic N) is 3. The number of para-hydroxylation sites is 1. The van der Waals surface area contributed by atoms with Crippen molar-refractivity contribution in [3.05, 3.63) is 83.7 Å². The van der Waals surface area contributed by atoms with E-state index in [2.05, 4.69) is 10.4 Å². The molecule has 1 aromatic heterocycles. The van der Waals surface area contributed by atoms with Crippen LogP contribution in [-0.2, 0) is 17.8 Å². The van der Waals surface area contributed by atoms with E-state index in [9.17, 15) is 9.59 Å². The Bertz CT molecular complexity index is 917. The molecular weight excluding hydrogens is 340 g/mol. The van der Waals surface area contributed by atoms with Crippen LogP contribution in [-0.4, -0.2) is 40.6 Å². The van der Waals surface area contributed by atoms with E-state index >= 15 is 0 Å². The molecule has 3 aromatic rings. The Morgan fingerprint density at radius 1 is 1.04 bits per heavy atom. The second-order valence-corrected chi connectivity index (χ2v) is 6.33. The van der Waals surface area contributed by atoms with Crippen LogP contribution >= 0.6 is 0 Å². The summed E-state index contributed by atoms with van der Waals surface area (Å²) >= 11 is 0. The van der Waals surface area contributed by atoms with Crippen LogP contribution in [0.3, 0.4) is 0 Å². The molecular formula is C21H22N4O2. The van der Waals surface area contributed by atoms with Crippen LogP contribution in [0.4, 0.5) is 0 Å². The smallest absolute Gasteiger partial charge is 0.251 e. The minimum atomic E-state index is -0.124. The first kappa shape index (κ1) is 18.4. The Balaban J connectivity index is 1.59. The molecule has 0 fully saturated rings. The molecule has 0 radical (unpaired) electrons. The van der Waals surface area contributed by atoms with Crippen molar-refractivity contribution in [2.45, 2.75) is 13.0 Å². The van der Waals surface area contributed by atoms with Gasteiger partial charge in [-0.3, -0.25) is 9.59 Å². The summed E-state index contributed by atoms with van der Waals surface area (Å²) in [7, 11) is 3.37. The molecule has 0 aliphatic carbocycles. The molecule has 0 aliphatic rings. The van der Waals surface area contributed by atoms with E-state index in [4.69, 9.17) is 0 Å². The molecule has 2 amide bonds. The van der Waals surface area contributed by atoms with Gasteiger partial charge >= 0.3 is 0 Å². The fourth-order valence-corrected chi connectivity index (χ4v) is 2.75. The van der Waals surface area contributed by atoms with E-state index in [-0.39, 0.29) is 11.8 Å². The van der Waals surface area contributed by atoms with Crippen LogP contribution in [0, 0.1) is 0 Å². The zero-order valence-corrected chi connectivity index (χ0v) is 15.4. The monoisotopic (exact) mass is 362 g/mol. The summed E-state index contributed by atoms with van der Waals surface area (Å²) in [6.45, 7) is 0.486. The summed E-state index contributed by atoms with van der Waals surface area (Å²) in [6, 6.07) is 17.0. The van der Waals surface area contributed by atoms with Gasteiger partial charge in [-0.05, 0) is 35.4 Å². The molecule has 1 heterocycles. The summed E-state index contributed by atoms with van der Waals surface area (Å²) in [4.78, 5) is 25.8. The van der Waals surface area contributed by atoms with Crippen molar-refractivity contribution in [3.8, 4) is 5.69 Å². The number of likely N-dealkylation sites (N-methyl/N-ethyl adjacent to an activating group) is 1. The third-order valence-corrected chi connectivity index (χ3v) is 4.30. The second-order valence-electron chi connectivity index (χ2n) is 6.33. The number of carbonyl (C=O) groups is 2. The zero-order chi connectivity index (χ0) is 19.2. The fraction of sp³-hybridized carbons (Fsp3) is 0.190. The fourth-order valence-electron chi connectivity index (χ4n) is 2.75. The molecule has 138 valence electrons. The van der Waals surface area contributed by atoms with E-state index in [0.717, 1.165) is 16.8 Å². The minimum absolute atomic E-state index is 0.0120. The average molecular weight is 362 g/mol. The van der Waals surface area contributed by atoms with Gasteiger partial charge < -0.3 is 10.2 Å². The first-order chi connectivity index (χ1) is 13.1. The van der Waals surface area contributed by atoms with Gasteiger partial charge in [0.05, 0.1) is 18.3 Å². The van der Waals surface area contributed by atoms with Crippen LogP contribution in [0.1, 0.15) is 21.5 Å². The third kappa shape index (κ3) is 4.61. The Labute approximate surface area is 158 Å². The number of rotatable bonds is 6. The first-order valence-electron chi connectivity index (χ1n) is 8.71. The largest absolute Gasteiger partial charge is 0.355 e. The van der Waals surface area contributed by atoms with Crippen LogP contribution < -0.4 is 5.32 Å². The number of aromatic nitrogens is 2. The SMILES string of the molecule is CNC(=O)c1ccc(CN(C)C(=O)Cc2cnn(-c3ccccc3)c2)cc1. The topological polar surface area (TPSA) is 67.2 Å². The third-order valence-electron chi connectivity index (χ3n) is 4.30. The van der Waals surface area contributed by atoms with Crippen LogP contribution in [0.25, 0.3) is 5.69 Å². The highest BCUT2D eigenvalue weighted by atomic mass is 16.2. The Kier molecular flexibility index (Phi) is 5.66. The van der Waals surface area contributed by atoms with Gasteiger partial charge in [-0.2, -0.15) is 5.10 Å². The molecule has 6 heteroatoms. The minimum Gasteiger partial charge on any atom is -0.355 e. The number of nitrogens with one attached hydrogen (secondary N) is 1. The van der Waals surface area contributed by atoms with E-state index in [1.165, 1.54) is 0 Å². The number of carbonyl (C=O) groups excluding carboxylic acids is 2. The van der Waals surface area contributed by atoms with Gasteiger partial charge in [0.25, 0.3) is 5.91 Å². The molecule has 3 rings (SSSR count). The maximum atomic E-state index is 12.5. The molecule has 0 bridgehead atoms. The van der Waals surface area contributed by atoms with Crippen molar-refractivity contribution in [1.29, 1.82) is 0 Å². The normalized spacial score (nSPS) is 10.4. The molecule has 27 heavy (non-hydrogen) atoms. The second kappa shape index (κ2) is 8.31. The predicted octanol–water partition coefficient (Wildman–Crippen LogP) is 2.43. The van der Waals surface area contributed by atoms with Gasteiger partial charge in [0.15, 0.2) is 0 Å². The van der Waals surface area contributed by atoms with Gasteiger partial charge in [0.2, 0.25) is 5.91 Å². The molecule has 0 unspecified atom stereocenters. The van der Waals surface area contributed by atoms with Crippen molar-refractivity contribution in [2.24, 2.45) is 0 Å². The Morgan fingerprint density at radius 2 is 1.74 bits per heavy atom. The highest BCUT2D eigenvalue weighted by Crippen LogP contribution is 2.11. The quantitative estimate of drug-likeness (QED) is 0.732. The molecule has 1 N–H and O–H groups in total. The van der Waals surface area contributed by atoms with E-state index in [1.54, 1.807) is 42.0 Å². The number of benzene rings is 2. The Morgan fingerprint density at radius 3 is 2.41 bits per heavy atom. The predicted molar refractivity (Wildman–Crippen MR) is 104 cm³/mol. The lowest BCUT2D eigenvalue weighted by atomic mass is 10.1. The maximum absolute atomic E-state index is 12.5. The van der Waals surface area contributed by atoms with Crippen LogP contribution in [0.2, 0.25) is 0 Å². The van der Waals surface area contributed by atoms with Gasteiger partial charge in [-0.25, -0.2) is 4.68 Å². The van der Waals surface area contributed by atoms with Crippen molar-refractivity contribution >= 4 is 11.8 Å². The average Bonchev–Trinajstić information content (AvgIpc) is 3.17. The summed E-state index contributed by atoms with van der Waals surface area (Å²) in [6.07, 6.45) is 3.88. The highest BCUT2D eigenvalue weighted by molar-refractivity contribution is 5.93. The summed E-state index contributed by atoms with van der Waals surface area (Å²) < 4.78 is 1.76. The molecule has 0 saturated heterocycles. The van der Waals surface area contributed by atoms with Gasteiger partial charge in [0.1, 0.15) is 0 Å². The standard InChI is InChI=1S/C21H22N4O2/c1-22-21(27)18-10-8-16(9-11-18)14-24(2)20(26)12-17-13-23-25(15-17)19-6-4-3-5-7-19/h3-11,13,15H,12,14H2,1-2H3,(H,22,27). The molecule has 0 aliphatic heterocycles. The molecule has 0 saturated carbocycles. The molecule has 0 atom stereocenters. The van der Waals surface area contributed by atoms with Crippen molar-refractivity contribution < 1.29 is 9.59 Å². The lowest BCUT2D eigenvalue weighted by Crippen LogP contribution is -2.27. The van der Waals surface area contributed by atoms with Gasteiger partial charge in [-0.15, -0.1) is 0 Å². The van der Waals surface area contributed by atoms with E-state index in [0.29, 0.717) is 18.5 Å². The van der Waals surface area contributed by atoms with Crippen LogP contribution in [0.15, 0.2) is 67.0 Å². The van der Waals surface area contributed by atoms with Gasteiger partial charge in [0, 0.05) is 32.4 Å². The maximum Gasteiger partial charge on any atom is 0.251 e. The van der Waals surface area contributed by atoms with Crippen molar-refractivity contribution in [1.82, 2.24) is 20.0 Å². The van der Waals surface area contributed by atoms with Gasteiger partial charge in [-0.1, -0.05) is 30.3 Å². The Hall–Kier alpha value is -3.41. The first-order valence-corrected chi connectivity index (χ1v) is 8.71. The summed E-state index contributed by atoms with van der Waals surface area (Å²) in [5, 5.41) is 6.91. The lowest BCUT2D eigenvalue weighted by Gasteiger charge is -2.17.